The van der Waals surface area contributed by atoms with Crippen molar-refractivity contribution in [3.63, 3.8) is 0 Å². The lowest BCUT2D eigenvalue weighted by atomic mass is 10.1. The highest BCUT2D eigenvalue weighted by atomic mass is 16.5. The van der Waals surface area contributed by atoms with E-state index in [-0.39, 0.29) is 11.9 Å². The number of morpholine rings is 1. The molecule has 2 saturated heterocycles. The van der Waals surface area contributed by atoms with E-state index in [9.17, 15) is 4.79 Å². The number of hydrogen-bond acceptors (Lipinski definition) is 4. The average Bonchev–Trinajstić information content (AvgIpc) is 2.44. The Morgan fingerprint density at radius 1 is 1.11 bits per heavy atom. The first-order valence-corrected chi connectivity index (χ1v) is 7.41. The fourth-order valence-electron chi connectivity index (χ4n) is 2.34. The van der Waals surface area contributed by atoms with Crippen molar-refractivity contribution in [3.05, 3.63) is 0 Å². The van der Waals surface area contributed by atoms with Gasteiger partial charge in [0.15, 0.2) is 0 Å². The van der Waals surface area contributed by atoms with Crippen molar-refractivity contribution < 1.29 is 9.53 Å². The Kier molecular flexibility index (Phi) is 7.34. The molecule has 2 heterocycles. The molecule has 2 aliphatic rings. The highest BCUT2D eigenvalue weighted by molar-refractivity contribution is 5.77. The minimum atomic E-state index is 0.260. The molecule has 0 aromatic rings. The molecule has 0 aromatic carbocycles. The van der Waals surface area contributed by atoms with Gasteiger partial charge >= 0.3 is 0 Å². The summed E-state index contributed by atoms with van der Waals surface area (Å²) in [5.74, 6) is 0.278. The van der Waals surface area contributed by atoms with Crippen LogP contribution in [0.25, 0.3) is 0 Å². The van der Waals surface area contributed by atoms with E-state index >= 15 is 0 Å². The molecular weight excluding hydrogens is 242 g/mol. The number of piperazine rings is 1. The summed E-state index contributed by atoms with van der Waals surface area (Å²) in [6.45, 7) is 10.1. The number of carbonyl (C=O) groups is 1. The van der Waals surface area contributed by atoms with Gasteiger partial charge in [0, 0.05) is 45.2 Å². The molecule has 0 N–H and O–H groups in total. The van der Waals surface area contributed by atoms with Crippen LogP contribution in [0.2, 0.25) is 0 Å². The maximum Gasteiger partial charge on any atom is 0.224 e. The normalized spacial score (nSPS) is 25.7. The van der Waals surface area contributed by atoms with Gasteiger partial charge in [-0.1, -0.05) is 13.8 Å². The summed E-state index contributed by atoms with van der Waals surface area (Å²) < 4.78 is 5.44. The molecule has 2 aliphatic heterocycles. The number of amides is 1. The third-order valence-corrected chi connectivity index (χ3v) is 3.79. The van der Waals surface area contributed by atoms with Gasteiger partial charge in [0.25, 0.3) is 0 Å². The van der Waals surface area contributed by atoms with Crippen LogP contribution < -0.4 is 0 Å². The summed E-state index contributed by atoms with van der Waals surface area (Å²) in [5, 5.41) is 0. The summed E-state index contributed by atoms with van der Waals surface area (Å²) >= 11 is 0. The summed E-state index contributed by atoms with van der Waals surface area (Å²) in [5.41, 5.74) is 0. The van der Waals surface area contributed by atoms with Crippen molar-refractivity contribution in [2.24, 2.45) is 0 Å². The van der Waals surface area contributed by atoms with Crippen LogP contribution in [0.3, 0.4) is 0 Å². The Hall–Kier alpha value is -0.650. The second-order valence-corrected chi connectivity index (χ2v) is 5.10. The van der Waals surface area contributed by atoms with E-state index in [0.29, 0.717) is 13.0 Å². The van der Waals surface area contributed by atoms with Crippen LogP contribution in [0, 0.1) is 0 Å². The number of nitrogens with zero attached hydrogens (tertiary/aromatic N) is 3. The zero-order chi connectivity index (χ0) is 14.3. The standard InChI is InChI=1S/C12H23N3O2.C2H6/c1-13-3-5-15(6-4-13)12(16)9-11-10-17-8-7-14(11)2;1-2/h11H,3-10H2,1-2H3;1-2H3. The molecule has 1 amide bonds. The van der Waals surface area contributed by atoms with Crippen LogP contribution in [0.15, 0.2) is 0 Å². The largest absolute Gasteiger partial charge is 0.378 e. The number of carbonyl (C=O) groups excluding carboxylic acids is 1. The molecule has 0 aromatic heterocycles. The first-order valence-electron chi connectivity index (χ1n) is 7.41. The second-order valence-electron chi connectivity index (χ2n) is 5.10. The third-order valence-electron chi connectivity index (χ3n) is 3.79. The van der Waals surface area contributed by atoms with Crippen molar-refractivity contribution in [1.29, 1.82) is 0 Å². The van der Waals surface area contributed by atoms with E-state index in [4.69, 9.17) is 4.74 Å². The highest BCUT2D eigenvalue weighted by Gasteiger charge is 2.26. The topological polar surface area (TPSA) is 36.0 Å². The molecule has 1 atom stereocenters. The molecule has 19 heavy (non-hydrogen) atoms. The van der Waals surface area contributed by atoms with Gasteiger partial charge in [-0.2, -0.15) is 0 Å². The summed E-state index contributed by atoms with van der Waals surface area (Å²) in [6, 6.07) is 0.260. The lowest BCUT2D eigenvalue weighted by Gasteiger charge is -2.36. The predicted molar refractivity (Wildman–Crippen MR) is 77.3 cm³/mol. The Balaban J connectivity index is 0.000000861. The van der Waals surface area contributed by atoms with Crippen LogP contribution in [-0.4, -0.2) is 86.7 Å². The molecule has 5 heteroatoms. The van der Waals surface area contributed by atoms with Gasteiger partial charge in [-0.25, -0.2) is 0 Å². The van der Waals surface area contributed by atoms with Crippen molar-refractivity contribution >= 4 is 5.91 Å². The monoisotopic (exact) mass is 271 g/mol. The molecular formula is C14H29N3O2. The molecule has 2 fully saturated rings. The van der Waals surface area contributed by atoms with Crippen LogP contribution in [0.1, 0.15) is 20.3 Å². The van der Waals surface area contributed by atoms with Crippen molar-refractivity contribution in [1.82, 2.24) is 14.7 Å². The van der Waals surface area contributed by atoms with Crippen molar-refractivity contribution in [3.8, 4) is 0 Å². The minimum absolute atomic E-state index is 0.260. The molecule has 5 nitrogen and oxygen atoms in total. The fourth-order valence-corrected chi connectivity index (χ4v) is 2.34. The lowest BCUT2D eigenvalue weighted by Crippen LogP contribution is -2.50. The average molecular weight is 271 g/mol. The van der Waals surface area contributed by atoms with Gasteiger partial charge in [0.2, 0.25) is 5.91 Å². The van der Waals surface area contributed by atoms with Crippen LogP contribution in [0.5, 0.6) is 0 Å². The second kappa shape index (κ2) is 8.51. The zero-order valence-corrected chi connectivity index (χ0v) is 12.9. The molecule has 0 spiro atoms. The van der Waals surface area contributed by atoms with Gasteiger partial charge in [-0.15, -0.1) is 0 Å². The molecule has 0 aliphatic carbocycles. The van der Waals surface area contributed by atoms with E-state index in [2.05, 4.69) is 23.9 Å². The fraction of sp³-hybridized carbons (Fsp3) is 0.929. The smallest absolute Gasteiger partial charge is 0.224 e. The zero-order valence-electron chi connectivity index (χ0n) is 12.9. The van der Waals surface area contributed by atoms with E-state index in [1.807, 2.05) is 18.7 Å². The van der Waals surface area contributed by atoms with E-state index in [1.54, 1.807) is 0 Å². The Bertz CT molecular complexity index is 265. The quantitative estimate of drug-likeness (QED) is 0.733. The molecule has 112 valence electrons. The third kappa shape index (κ3) is 5.09. The lowest BCUT2D eigenvalue weighted by molar-refractivity contribution is -0.135. The Morgan fingerprint density at radius 3 is 2.32 bits per heavy atom. The summed E-state index contributed by atoms with van der Waals surface area (Å²) in [4.78, 5) is 18.6. The molecule has 2 rings (SSSR count). The molecule has 0 saturated carbocycles. The van der Waals surface area contributed by atoms with Crippen molar-refractivity contribution in [2.75, 3.05) is 60.0 Å². The molecule has 0 radical (unpaired) electrons. The molecule has 1 unspecified atom stereocenters. The highest BCUT2D eigenvalue weighted by Crippen LogP contribution is 2.11. The Morgan fingerprint density at radius 2 is 1.74 bits per heavy atom. The van der Waals surface area contributed by atoms with Crippen LogP contribution in [0.4, 0.5) is 0 Å². The van der Waals surface area contributed by atoms with Gasteiger partial charge < -0.3 is 14.5 Å². The molecule has 0 bridgehead atoms. The van der Waals surface area contributed by atoms with Crippen LogP contribution in [-0.2, 0) is 9.53 Å². The summed E-state index contributed by atoms with van der Waals surface area (Å²) in [7, 11) is 4.18. The Labute approximate surface area is 117 Å². The van der Waals surface area contributed by atoms with Gasteiger partial charge in [0.05, 0.1) is 13.2 Å². The first kappa shape index (κ1) is 16.4. The van der Waals surface area contributed by atoms with Crippen LogP contribution >= 0.6 is 0 Å². The number of hydrogen-bond donors (Lipinski definition) is 0. The number of rotatable bonds is 2. The maximum atomic E-state index is 12.1. The van der Waals surface area contributed by atoms with Crippen molar-refractivity contribution in [2.45, 2.75) is 26.3 Å². The minimum Gasteiger partial charge on any atom is -0.378 e. The first-order chi connectivity index (χ1) is 9.16. The van der Waals surface area contributed by atoms with E-state index in [1.165, 1.54) is 0 Å². The van der Waals surface area contributed by atoms with Gasteiger partial charge in [-0.05, 0) is 14.1 Å². The summed E-state index contributed by atoms with van der Waals surface area (Å²) in [6.07, 6.45) is 0.597. The maximum absolute atomic E-state index is 12.1. The number of likely N-dealkylation sites (N-methyl/N-ethyl adjacent to an activating group) is 2. The van der Waals surface area contributed by atoms with Gasteiger partial charge in [0.1, 0.15) is 0 Å². The van der Waals surface area contributed by atoms with E-state index in [0.717, 1.165) is 39.3 Å². The van der Waals surface area contributed by atoms with E-state index < -0.39 is 0 Å². The SMILES string of the molecule is CC.CN1CCN(C(=O)CC2COCCN2C)CC1. The van der Waals surface area contributed by atoms with Gasteiger partial charge in [-0.3, -0.25) is 9.69 Å². The number of ether oxygens (including phenoxy) is 1. The predicted octanol–water partition coefficient (Wildman–Crippen LogP) is 0.507.